The summed E-state index contributed by atoms with van der Waals surface area (Å²) in [7, 11) is 0. The Morgan fingerprint density at radius 2 is 1.71 bits per heavy atom. The van der Waals surface area contributed by atoms with Crippen molar-refractivity contribution in [1.29, 1.82) is 0 Å². The van der Waals surface area contributed by atoms with Crippen molar-refractivity contribution in [1.82, 2.24) is 15.0 Å². The predicted octanol–water partition coefficient (Wildman–Crippen LogP) is 2.32. The van der Waals surface area contributed by atoms with Crippen molar-refractivity contribution in [2.24, 2.45) is 0 Å². The van der Waals surface area contributed by atoms with Crippen molar-refractivity contribution in [3.63, 3.8) is 0 Å². The molecule has 0 atom stereocenters. The largest absolute Gasteiger partial charge is 0.461 e. The molecule has 7 nitrogen and oxygen atoms in total. The number of aromatic nitrogens is 3. The van der Waals surface area contributed by atoms with Crippen LogP contribution in [0.5, 0.6) is 6.01 Å². The molecule has 2 N–H and O–H groups in total. The molecule has 0 saturated heterocycles. The van der Waals surface area contributed by atoms with Gasteiger partial charge in [0.2, 0.25) is 11.9 Å². The number of nitrogens with zero attached hydrogens (tertiary/aromatic N) is 3. The van der Waals surface area contributed by atoms with Crippen LogP contribution in [0.1, 0.15) is 40.5 Å². The molecule has 0 saturated carbocycles. The van der Waals surface area contributed by atoms with Gasteiger partial charge in [-0.15, -0.1) is 0 Å². The molecule has 0 aliphatic carbocycles. The Hall–Kier alpha value is -1.63. The van der Waals surface area contributed by atoms with Gasteiger partial charge in [0.1, 0.15) is 0 Å². The van der Waals surface area contributed by atoms with Crippen LogP contribution >= 0.6 is 0 Å². The first-order valence-electron chi connectivity index (χ1n) is 7.63. The number of nitrogens with one attached hydrogen (secondary N) is 2. The van der Waals surface area contributed by atoms with E-state index in [0.717, 1.165) is 26.0 Å². The SMILES string of the molecule is CCCCOCCNc1nc(NCC)nc(OC(C)C)n1. The molecule has 7 heteroatoms. The minimum atomic E-state index is 0.0205. The Morgan fingerprint density at radius 3 is 2.33 bits per heavy atom. The third-order valence-corrected chi connectivity index (χ3v) is 2.46. The second-order valence-electron chi connectivity index (χ2n) is 4.85. The van der Waals surface area contributed by atoms with E-state index in [9.17, 15) is 0 Å². The van der Waals surface area contributed by atoms with Crippen molar-refractivity contribution in [3.05, 3.63) is 0 Å². The molecule has 0 spiro atoms. The zero-order valence-corrected chi connectivity index (χ0v) is 13.5. The molecule has 1 aromatic heterocycles. The summed E-state index contributed by atoms with van der Waals surface area (Å²) >= 11 is 0. The predicted molar refractivity (Wildman–Crippen MR) is 84.0 cm³/mol. The van der Waals surface area contributed by atoms with E-state index in [4.69, 9.17) is 9.47 Å². The van der Waals surface area contributed by atoms with Gasteiger partial charge in [-0.05, 0) is 27.2 Å². The van der Waals surface area contributed by atoms with Gasteiger partial charge in [-0.1, -0.05) is 13.3 Å². The van der Waals surface area contributed by atoms with Crippen LogP contribution in [0.25, 0.3) is 0 Å². The van der Waals surface area contributed by atoms with Crippen LogP contribution in [-0.2, 0) is 4.74 Å². The summed E-state index contributed by atoms with van der Waals surface area (Å²) in [6.45, 7) is 10.8. The molecular formula is C14H27N5O2. The number of rotatable bonds is 11. The van der Waals surface area contributed by atoms with Crippen LogP contribution < -0.4 is 15.4 Å². The fourth-order valence-corrected chi connectivity index (χ4v) is 1.52. The number of hydrogen-bond donors (Lipinski definition) is 2. The first-order valence-corrected chi connectivity index (χ1v) is 7.63. The topological polar surface area (TPSA) is 81.2 Å². The van der Waals surface area contributed by atoms with Gasteiger partial charge in [-0.25, -0.2) is 0 Å². The smallest absolute Gasteiger partial charge is 0.323 e. The molecule has 0 fully saturated rings. The zero-order valence-electron chi connectivity index (χ0n) is 13.5. The van der Waals surface area contributed by atoms with E-state index in [1.165, 1.54) is 0 Å². The highest BCUT2D eigenvalue weighted by Gasteiger charge is 2.08. The standard InChI is InChI=1S/C14H27N5O2/c1-5-7-9-20-10-8-16-13-17-12(15-6-2)18-14(19-13)21-11(3)4/h11H,5-10H2,1-4H3,(H2,15,16,17,18,19). The van der Waals surface area contributed by atoms with Gasteiger partial charge < -0.3 is 20.1 Å². The molecule has 1 aromatic rings. The van der Waals surface area contributed by atoms with Crippen LogP contribution in [0.2, 0.25) is 0 Å². The summed E-state index contributed by atoms with van der Waals surface area (Å²) in [6, 6.07) is 0.324. The Labute approximate surface area is 126 Å². The second kappa shape index (κ2) is 10.1. The molecular weight excluding hydrogens is 270 g/mol. The molecule has 0 unspecified atom stereocenters. The summed E-state index contributed by atoms with van der Waals surface area (Å²) in [5.41, 5.74) is 0. The fraction of sp³-hybridized carbons (Fsp3) is 0.786. The van der Waals surface area contributed by atoms with Gasteiger partial charge in [0.05, 0.1) is 12.7 Å². The van der Waals surface area contributed by atoms with Crippen molar-refractivity contribution < 1.29 is 9.47 Å². The van der Waals surface area contributed by atoms with Crippen LogP contribution in [0.4, 0.5) is 11.9 Å². The van der Waals surface area contributed by atoms with E-state index < -0.39 is 0 Å². The molecule has 0 radical (unpaired) electrons. The quantitative estimate of drug-likeness (QED) is 0.607. The fourth-order valence-electron chi connectivity index (χ4n) is 1.52. The van der Waals surface area contributed by atoms with E-state index in [2.05, 4.69) is 32.5 Å². The molecule has 120 valence electrons. The van der Waals surface area contributed by atoms with Crippen LogP contribution in [0, 0.1) is 0 Å². The van der Waals surface area contributed by atoms with E-state index >= 15 is 0 Å². The lowest BCUT2D eigenvalue weighted by molar-refractivity contribution is 0.141. The lowest BCUT2D eigenvalue weighted by Gasteiger charge is -2.11. The van der Waals surface area contributed by atoms with Gasteiger partial charge in [-0.2, -0.15) is 15.0 Å². The highest BCUT2D eigenvalue weighted by molar-refractivity contribution is 5.35. The highest BCUT2D eigenvalue weighted by atomic mass is 16.5. The van der Waals surface area contributed by atoms with Crippen molar-refractivity contribution >= 4 is 11.9 Å². The average Bonchev–Trinajstić information content (AvgIpc) is 2.42. The maximum atomic E-state index is 5.53. The first-order chi connectivity index (χ1) is 10.2. The Balaban J connectivity index is 2.52. The molecule has 0 bridgehead atoms. The van der Waals surface area contributed by atoms with E-state index in [0.29, 0.717) is 31.1 Å². The first kappa shape index (κ1) is 17.4. The third kappa shape index (κ3) is 7.65. The van der Waals surface area contributed by atoms with Crippen LogP contribution in [-0.4, -0.2) is 47.4 Å². The average molecular weight is 297 g/mol. The minimum absolute atomic E-state index is 0.0205. The molecule has 0 amide bonds. The summed E-state index contributed by atoms with van der Waals surface area (Å²) in [5, 5.41) is 6.19. The summed E-state index contributed by atoms with van der Waals surface area (Å²) < 4.78 is 11.0. The Bertz CT molecular complexity index is 401. The van der Waals surface area contributed by atoms with Gasteiger partial charge >= 0.3 is 6.01 Å². The molecule has 21 heavy (non-hydrogen) atoms. The molecule has 0 aromatic carbocycles. The van der Waals surface area contributed by atoms with Gasteiger partial charge in [0.25, 0.3) is 0 Å². The van der Waals surface area contributed by atoms with Crippen molar-refractivity contribution in [3.8, 4) is 6.01 Å². The molecule has 0 aliphatic rings. The minimum Gasteiger partial charge on any atom is -0.461 e. The van der Waals surface area contributed by atoms with Crippen LogP contribution in [0.15, 0.2) is 0 Å². The van der Waals surface area contributed by atoms with Gasteiger partial charge in [0, 0.05) is 19.7 Å². The summed E-state index contributed by atoms with van der Waals surface area (Å²) in [4.78, 5) is 12.7. The molecule has 1 heterocycles. The monoisotopic (exact) mass is 297 g/mol. The maximum Gasteiger partial charge on any atom is 0.323 e. The number of anilines is 2. The normalized spacial score (nSPS) is 10.7. The van der Waals surface area contributed by atoms with Crippen molar-refractivity contribution in [2.75, 3.05) is 36.9 Å². The summed E-state index contributed by atoms with van der Waals surface area (Å²) in [5.74, 6) is 1.01. The maximum absolute atomic E-state index is 5.53. The van der Waals surface area contributed by atoms with Gasteiger partial charge in [-0.3, -0.25) is 0 Å². The third-order valence-electron chi connectivity index (χ3n) is 2.46. The van der Waals surface area contributed by atoms with E-state index in [-0.39, 0.29) is 6.10 Å². The lowest BCUT2D eigenvalue weighted by Crippen LogP contribution is -2.16. The zero-order chi connectivity index (χ0) is 15.5. The van der Waals surface area contributed by atoms with Crippen molar-refractivity contribution in [2.45, 2.75) is 46.6 Å². The number of hydrogen-bond acceptors (Lipinski definition) is 7. The Kier molecular flexibility index (Phi) is 8.42. The summed E-state index contributed by atoms with van der Waals surface area (Å²) in [6.07, 6.45) is 2.25. The molecule has 1 rings (SSSR count). The number of ether oxygens (including phenoxy) is 2. The second-order valence-corrected chi connectivity index (χ2v) is 4.85. The Morgan fingerprint density at radius 1 is 1.00 bits per heavy atom. The molecule has 0 aliphatic heterocycles. The van der Waals surface area contributed by atoms with Gasteiger partial charge in [0.15, 0.2) is 0 Å². The highest BCUT2D eigenvalue weighted by Crippen LogP contribution is 2.12. The lowest BCUT2D eigenvalue weighted by atomic mass is 10.4. The number of unbranched alkanes of at least 4 members (excludes halogenated alkanes) is 1. The van der Waals surface area contributed by atoms with E-state index in [1.807, 2.05) is 20.8 Å². The van der Waals surface area contributed by atoms with Crippen LogP contribution in [0.3, 0.4) is 0 Å². The van der Waals surface area contributed by atoms with E-state index in [1.54, 1.807) is 0 Å².